The highest BCUT2D eigenvalue weighted by atomic mass is 15.3. The summed E-state index contributed by atoms with van der Waals surface area (Å²) in [4.78, 5) is 2.46. The number of hydrogen-bond donors (Lipinski definition) is 1. The second-order valence-electron chi connectivity index (χ2n) is 3.74. The van der Waals surface area contributed by atoms with Crippen molar-refractivity contribution in [1.29, 1.82) is 0 Å². The van der Waals surface area contributed by atoms with E-state index < -0.39 is 0 Å². The molecule has 1 saturated carbocycles. The van der Waals surface area contributed by atoms with Crippen molar-refractivity contribution in [2.45, 2.75) is 31.3 Å². The van der Waals surface area contributed by atoms with Gasteiger partial charge in [0.2, 0.25) is 0 Å². The molecule has 1 aliphatic heterocycles. The minimum Gasteiger partial charge on any atom is -0.308 e. The summed E-state index contributed by atoms with van der Waals surface area (Å²) in [7, 11) is 2.23. The van der Waals surface area contributed by atoms with Crippen LogP contribution in [0.5, 0.6) is 0 Å². The van der Waals surface area contributed by atoms with Gasteiger partial charge in [-0.05, 0) is 26.8 Å². The van der Waals surface area contributed by atoms with Crippen LogP contribution >= 0.6 is 0 Å². The fourth-order valence-corrected chi connectivity index (χ4v) is 1.97. The summed E-state index contributed by atoms with van der Waals surface area (Å²) in [6.07, 6.45) is 2.77. The molecule has 58 valence electrons. The van der Waals surface area contributed by atoms with Crippen molar-refractivity contribution in [3.63, 3.8) is 0 Å². The van der Waals surface area contributed by atoms with Gasteiger partial charge in [-0.1, -0.05) is 0 Å². The topological polar surface area (TPSA) is 15.3 Å². The normalized spacial score (nSPS) is 38.4. The van der Waals surface area contributed by atoms with Gasteiger partial charge in [0.1, 0.15) is 0 Å². The highest BCUT2D eigenvalue weighted by molar-refractivity contribution is 5.10. The fourth-order valence-electron chi connectivity index (χ4n) is 1.97. The van der Waals surface area contributed by atoms with Crippen molar-refractivity contribution in [2.24, 2.45) is 0 Å². The van der Waals surface area contributed by atoms with Gasteiger partial charge in [-0.3, -0.25) is 0 Å². The lowest BCUT2D eigenvalue weighted by atomic mass is 10.0. The summed E-state index contributed by atoms with van der Waals surface area (Å²) in [5, 5.41) is 3.61. The minimum atomic E-state index is 0.535. The Hall–Kier alpha value is -0.0800. The fraction of sp³-hybridized carbons (Fsp3) is 1.00. The Balaban J connectivity index is 2.07. The molecule has 1 atom stereocenters. The minimum absolute atomic E-state index is 0.535. The zero-order valence-electron chi connectivity index (χ0n) is 6.85. The number of rotatable bonds is 0. The molecule has 2 nitrogen and oxygen atoms in total. The highest BCUT2D eigenvalue weighted by Crippen LogP contribution is 2.41. The zero-order chi connectivity index (χ0) is 7.19. The van der Waals surface area contributed by atoms with Gasteiger partial charge in [0, 0.05) is 24.7 Å². The number of nitrogens with one attached hydrogen (secondary N) is 1. The third kappa shape index (κ3) is 0.789. The molecule has 0 aromatic rings. The Morgan fingerprint density at radius 3 is 2.70 bits per heavy atom. The predicted octanol–water partition coefficient (Wildman–Crippen LogP) is 0.442. The maximum Gasteiger partial charge on any atom is 0.0336 e. The molecule has 0 amide bonds. The van der Waals surface area contributed by atoms with Gasteiger partial charge < -0.3 is 10.2 Å². The molecular weight excluding hydrogens is 124 g/mol. The van der Waals surface area contributed by atoms with Crippen LogP contribution < -0.4 is 5.32 Å². The highest BCUT2D eigenvalue weighted by Gasteiger charge is 2.49. The van der Waals surface area contributed by atoms with E-state index in [9.17, 15) is 0 Å². The summed E-state index contributed by atoms with van der Waals surface area (Å²) in [5.41, 5.74) is 0.535. The van der Waals surface area contributed by atoms with E-state index in [1.54, 1.807) is 0 Å². The van der Waals surface area contributed by atoms with Crippen LogP contribution in [0.15, 0.2) is 0 Å². The van der Waals surface area contributed by atoms with Crippen molar-refractivity contribution in [1.82, 2.24) is 10.2 Å². The molecule has 0 aromatic heterocycles. The van der Waals surface area contributed by atoms with Crippen LogP contribution in [0, 0.1) is 0 Å². The van der Waals surface area contributed by atoms with E-state index in [-0.39, 0.29) is 0 Å². The SMILES string of the molecule is CC1N(C)CCNC12CC2. The molecule has 0 radical (unpaired) electrons. The van der Waals surface area contributed by atoms with Crippen LogP contribution in [0.1, 0.15) is 19.8 Å². The Bertz CT molecular complexity index is 140. The zero-order valence-corrected chi connectivity index (χ0v) is 6.85. The predicted molar refractivity (Wildman–Crippen MR) is 42.1 cm³/mol. The third-order valence-corrected chi connectivity index (χ3v) is 3.19. The molecule has 1 spiro atoms. The number of nitrogens with zero attached hydrogens (tertiary/aromatic N) is 1. The number of hydrogen-bond acceptors (Lipinski definition) is 2. The molecule has 0 aromatic carbocycles. The van der Waals surface area contributed by atoms with Crippen LogP contribution in [-0.4, -0.2) is 36.6 Å². The largest absolute Gasteiger partial charge is 0.308 e. The molecule has 1 N–H and O–H groups in total. The molecule has 1 saturated heterocycles. The van der Waals surface area contributed by atoms with E-state index in [1.807, 2.05) is 0 Å². The van der Waals surface area contributed by atoms with Crippen molar-refractivity contribution < 1.29 is 0 Å². The first-order valence-corrected chi connectivity index (χ1v) is 4.20. The lowest BCUT2D eigenvalue weighted by Crippen LogP contribution is -2.56. The van der Waals surface area contributed by atoms with Gasteiger partial charge in [-0.2, -0.15) is 0 Å². The van der Waals surface area contributed by atoms with E-state index in [1.165, 1.54) is 25.9 Å². The quantitative estimate of drug-likeness (QED) is 0.525. The van der Waals surface area contributed by atoms with Crippen LogP contribution in [0.25, 0.3) is 0 Å². The lowest BCUT2D eigenvalue weighted by Gasteiger charge is -2.38. The van der Waals surface area contributed by atoms with Crippen LogP contribution in [0.4, 0.5) is 0 Å². The average Bonchev–Trinajstić information content (AvgIpc) is 2.65. The molecule has 0 bridgehead atoms. The molecule has 1 aliphatic carbocycles. The summed E-state index contributed by atoms with van der Waals surface area (Å²) in [6.45, 7) is 4.73. The Labute approximate surface area is 62.6 Å². The van der Waals surface area contributed by atoms with E-state index >= 15 is 0 Å². The molecule has 1 unspecified atom stereocenters. The molecule has 2 aliphatic rings. The smallest absolute Gasteiger partial charge is 0.0336 e. The van der Waals surface area contributed by atoms with Gasteiger partial charge in [-0.25, -0.2) is 0 Å². The molecular formula is C8H16N2. The first-order valence-electron chi connectivity index (χ1n) is 4.20. The molecule has 2 rings (SSSR count). The number of likely N-dealkylation sites (N-methyl/N-ethyl adjacent to an activating group) is 1. The summed E-state index contributed by atoms with van der Waals surface area (Å²) in [6, 6.07) is 0.751. The first kappa shape index (κ1) is 6.62. The van der Waals surface area contributed by atoms with Crippen molar-refractivity contribution >= 4 is 0 Å². The Morgan fingerprint density at radius 1 is 1.50 bits per heavy atom. The van der Waals surface area contributed by atoms with Crippen LogP contribution in [0.3, 0.4) is 0 Å². The maximum atomic E-state index is 3.61. The Kier molecular flexibility index (Phi) is 1.29. The molecule has 1 heterocycles. The van der Waals surface area contributed by atoms with E-state index in [0.717, 1.165) is 6.04 Å². The second kappa shape index (κ2) is 1.95. The molecule has 2 fully saturated rings. The van der Waals surface area contributed by atoms with Gasteiger partial charge in [0.25, 0.3) is 0 Å². The van der Waals surface area contributed by atoms with Gasteiger partial charge >= 0.3 is 0 Å². The summed E-state index contributed by atoms with van der Waals surface area (Å²) < 4.78 is 0. The van der Waals surface area contributed by atoms with Crippen molar-refractivity contribution in [3.8, 4) is 0 Å². The molecule has 2 heteroatoms. The van der Waals surface area contributed by atoms with Crippen LogP contribution in [0.2, 0.25) is 0 Å². The van der Waals surface area contributed by atoms with Gasteiger partial charge in [0.15, 0.2) is 0 Å². The molecule has 10 heavy (non-hydrogen) atoms. The van der Waals surface area contributed by atoms with Crippen LogP contribution in [-0.2, 0) is 0 Å². The maximum absolute atomic E-state index is 3.61. The average molecular weight is 140 g/mol. The van der Waals surface area contributed by atoms with Gasteiger partial charge in [-0.15, -0.1) is 0 Å². The number of piperazine rings is 1. The van der Waals surface area contributed by atoms with Crippen molar-refractivity contribution in [2.75, 3.05) is 20.1 Å². The standard InChI is InChI=1S/C8H16N2/c1-7-8(3-4-8)9-5-6-10(7)2/h7,9H,3-6H2,1-2H3. The summed E-state index contributed by atoms with van der Waals surface area (Å²) >= 11 is 0. The first-order chi connectivity index (χ1) is 4.75. The lowest BCUT2D eigenvalue weighted by molar-refractivity contribution is 0.151. The van der Waals surface area contributed by atoms with E-state index in [4.69, 9.17) is 0 Å². The van der Waals surface area contributed by atoms with Gasteiger partial charge in [0.05, 0.1) is 0 Å². The van der Waals surface area contributed by atoms with E-state index in [2.05, 4.69) is 24.2 Å². The van der Waals surface area contributed by atoms with Crippen molar-refractivity contribution in [3.05, 3.63) is 0 Å². The summed E-state index contributed by atoms with van der Waals surface area (Å²) in [5.74, 6) is 0. The third-order valence-electron chi connectivity index (χ3n) is 3.19. The monoisotopic (exact) mass is 140 g/mol. The second-order valence-corrected chi connectivity index (χ2v) is 3.74. The Morgan fingerprint density at radius 2 is 2.20 bits per heavy atom. The van der Waals surface area contributed by atoms with E-state index in [0.29, 0.717) is 5.54 Å².